The van der Waals surface area contributed by atoms with Gasteiger partial charge in [-0.2, -0.15) is 0 Å². The second-order valence-electron chi connectivity index (χ2n) is 5.05. The van der Waals surface area contributed by atoms with Gasteiger partial charge in [-0.3, -0.25) is 0 Å². The summed E-state index contributed by atoms with van der Waals surface area (Å²) >= 11 is 0. The van der Waals surface area contributed by atoms with Crippen molar-refractivity contribution in [2.75, 3.05) is 24.5 Å². The van der Waals surface area contributed by atoms with E-state index in [1.165, 1.54) is 37.1 Å². The molecule has 2 heteroatoms. The first-order valence-electron chi connectivity index (χ1n) is 6.47. The van der Waals surface area contributed by atoms with Gasteiger partial charge in [0.25, 0.3) is 0 Å². The maximum atomic E-state index is 3.50. The summed E-state index contributed by atoms with van der Waals surface area (Å²) in [5, 5.41) is 3.50. The lowest BCUT2D eigenvalue weighted by Gasteiger charge is -2.33. The van der Waals surface area contributed by atoms with E-state index in [0.717, 1.165) is 25.6 Å². The smallest absolute Gasteiger partial charge is 0.0412 e. The van der Waals surface area contributed by atoms with Crippen LogP contribution in [0.25, 0.3) is 0 Å². The number of rotatable bonds is 2. The van der Waals surface area contributed by atoms with E-state index in [2.05, 4.69) is 34.5 Å². The van der Waals surface area contributed by atoms with Gasteiger partial charge in [-0.25, -0.2) is 0 Å². The Labute approximate surface area is 97.6 Å². The summed E-state index contributed by atoms with van der Waals surface area (Å²) in [7, 11) is 0. The van der Waals surface area contributed by atoms with Crippen molar-refractivity contribution in [2.45, 2.75) is 25.8 Å². The summed E-state index contributed by atoms with van der Waals surface area (Å²) in [5.41, 5.74) is 2.92. The summed E-state index contributed by atoms with van der Waals surface area (Å²) in [6.45, 7) is 4.56. The van der Waals surface area contributed by atoms with Crippen LogP contribution in [0.15, 0.2) is 24.3 Å². The van der Waals surface area contributed by atoms with Gasteiger partial charge in [-0.1, -0.05) is 24.6 Å². The molecule has 1 saturated carbocycles. The van der Waals surface area contributed by atoms with Crippen molar-refractivity contribution in [3.05, 3.63) is 29.8 Å². The summed E-state index contributed by atoms with van der Waals surface area (Å²) in [6.07, 6.45) is 4.32. The molecule has 0 aromatic heterocycles. The SMILES string of the molecule is c1ccc2c(c1)CNCCN2CC1CCC1. The molecule has 3 rings (SSSR count). The molecule has 1 heterocycles. The first kappa shape index (κ1) is 10.2. The Balaban J connectivity index is 1.81. The number of benzene rings is 1. The molecule has 1 aromatic rings. The average Bonchev–Trinajstić information content (AvgIpc) is 2.46. The number of nitrogens with one attached hydrogen (secondary N) is 1. The maximum Gasteiger partial charge on any atom is 0.0412 e. The topological polar surface area (TPSA) is 15.3 Å². The van der Waals surface area contributed by atoms with Crippen molar-refractivity contribution in [2.24, 2.45) is 5.92 Å². The summed E-state index contributed by atoms with van der Waals surface area (Å²) in [5.74, 6) is 0.950. The van der Waals surface area contributed by atoms with Crippen molar-refractivity contribution in [3.63, 3.8) is 0 Å². The van der Waals surface area contributed by atoms with E-state index in [1.807, 2.05) is 0 Å². The summed E-state index contributed by atoms with van der Waals surface area (Å²) in [4.78, 5) is 2.58. The Bertz CT molecular complexity index is 358. The lowest BCUT2D eigenvalue weighted by Crippen LogP contribution is -2.35. The zero-order valence-corrected chi connectivity index (χ0v) is 9.78. The van der Waals surface area contributed by atoms with Crippen LogP contribution in [0.5, 0.6) is 0 Å². The highest BCUT2D eigenvalue weighted by atomic mass is 15.2. The Kier molecular flexibility index (Phi) is 2.83. The van der Waals surface area contributed by atoms with E-state index in [0.29, 0.717) is 0 Å². The largest absolute Gasteiger partial charge is 0.370 e. The van der Waals surface area contributed by atoms with Gasteiger partial charge in [0, 0.05) is 31.9 Å². The van der Waals surface area contributed by atoms with Crippen LogP contribution < -0.4 is 10.2 Å². The third-order valence-electron chi connectivity index (χ3n) is 3.91. The highest BCUT2D eigenvalue weighted by Crippen LogP contribution is 2.30. The molecular formula is C14H20N2. The average molecular weight is 216 g/mol. The van der Waals surface area contributed by atoms with Gasteiger partial charge >= 0.3 is 0 Å². The molecule has 1 aliphatic carbocycles. The molecule has 0 unspecified atom stereocenters. The molecule has 0 radical (unpaired) electrons. The van der Waals surface area contributed by atoms with Gasteiger partial charge < -0.3 is 10.2 Å². The Hall–Kier alpha value is -1.02. The lowest BCUT2D eigenvalue weighted by molar-refractivity contribution is 0.318. The van der Waals surface area contributed by atoms with Crippen molar-refractivity contribution in [1.29, 1.82) is 0 Å². The number of hydrogen-bond donors (Lipinski definition) is 1. The van der Waals surface area contributed by atoms with E-state index < -0.39 is 0 Å². The van der Waals surface area contributed by atoms with Gasteiger partial charge in [0.15, 0.2) is 0 Å². The van der Waals surface area contributed by atoms with Gasteiger partial charge in [-0.15, -0.1) is 0 Å². The number of para-hydroxylation sites is 1. The van der Waals surface area contributed by atoms with E-state index in [4.69, 9.17) is 0 Å². The van der Waals surface area contributed by atoms with Gasteiger partial charge in [0.2, 0.25) is 0 Å². The number of hydrogen-bond acceptors (Lipinski definition) is 2. The Morgan fingerprint density at radius 1 is 1.25 bits per heavy atom. The standard InChI is InChI=1S/C14H20N2/c1-2-7-14-13(6-1)10-15-8-9-16(14)11-12-4-3-5-12/h1-2,6-7,12,15H,3-5,8-11H2. The number of nitrogens with zero attached hydrogens (tertiary/aromatic N) is 1. The molecule has 0 atom stereocenters. The molecule has 1 fully saturated rings. The highest BCUT2D eigenvalue weighted by molar-refractivity contribution is 5.54. The molecule has 1 N–H and O–H groups in total. The van der Waals surface area contributed by atoms with Crippen LogP contribution >= 0.6 is 0 Å². The van der Waals surface area contributed by atoms with Crippen LogP contribution in [0.3, 0.4) is 0 Å². The van der Waals surface area contributed by atoms with Crippen molar-refractivity contribution >= 4 is 5.69 Å². The first-order chi connectivity index (χ1) is 7.93. The van der Waals surface area contributed by atoms with Crippen molar-refractivity contribution in [1.82, 2.24) is 5.32 Å². The molecular weight excluding hydrogens is 196 g/mol. The quantitative estimate of drug-likeness (QED) is 0.816. The molecule has 1 aliphatic heterocycles. The molecule has 16 heavy (non-hydrogen) atoms. The molecule has 2 nitrogen and oxygen atoms in total. The Morgan fingerprint density at radius 2 is 2.12 bits per heavy atom. The summed E-state index contributed by atoms with van der Waals surface area (Å²) in [6, 6.07) is 8.84. The second kappa shape index (κ2) is 4.46. The third-order valence-corrected chi connectivity index (χ3v) is 3.91. The molecule has 0 amide bonds. The molecule has 0 spiro atoms. The van der Waals surface area contributed by atoms with Crippen LogP contribution in [0, 0.1) is 5.92 Å². The fourth-order valence-corrected chi connectivity index (χ4v) is 2.70. The zero-order valence-electron chi connectivity index (χ0n) is 9.78. The minimum atomic E-state index is 0.950. The fourth-order valence-electron chi connectivity index (χ4n) is 2.70. The van der Waals surface area contributed by atoms with Crippen LogP contribution in [0.2, 0.25) is 0 Å². The molecule has 0 saturated heterocycles. The first-order valence-corrected chi connectivity index (χ1v) is 6.47. The van der Waals surface area contributed by atoms with Gasteiger partial charge in [0.1, 0.15) is 0 Å². The summed E-state index contributed by atoms with van der Waals surface area (Å²) < 4.78 is 0. The molecule has 1 aromatic carbocycles. The van der Waals surface area contributed by atoms with Gasteiger partial charge in [-0.05, 0) is 30.4 Å². The van der Waals surface area contributed by atoms with E-state index in [-0.39, 0.29) is 0 Å². The third kappa shape index (κ3) is 1.94. The highest BCUT2D eigenvalue weighted by Gasteiger charge is 2.22. The van der Waals surface area contributed by atoms with Crippen LogP contribution in [0.4, 0.5) is 5.69 Å². The zero-order chi connectivity index (χ0) is 10.8. The van der Waals surface area contributed by atoms with E-state index >= 15 is 0 Å². The van der Waals surface area contributed by atoms with E-state index in [9.17, 15) is 0 Å². The van der Waals surface area contributed by atoms with Crippen LogP contribution in [-0.2, 0) is 6.54 Å². The predicted molar refractivity (Wildman–Crippen MR) is 67.7 cm³/mol. The monoisotopic (exact) mass is 216 g/mol. The maximum absolute atomic E-state index is 3.50. The second-order valence-corrected chi connectivity index (χ2v) is 5.05. The normalized spacial score (nSPS) is 21.1. The fraction of sp³-hybridized carbons (Fsp3) is 0.571. The minimum Gasteiger partial charge on any atom is -0.370 e. The Morgan fingerprint density at radius 3 is 2.94 bits per heavy atom. The van der Waals surface area contributed by atoms with E-state index in [1.54, 1.807) is 0 Å². The van der Waals surface area contributed by atoms with Crippen molar-refractivity contribution in [3.8, 4) is 0 Å². The minimum absolute atomic E-state index is 0.950. The number of anilines is 1. The lowest BCUT2D eigenvalue weighted by atomic mass is 9.85. The molecule has 0 bridgehead atoms. The predicted octanol–water partition coefficient (Wildman–Crippen LogP) is 2.40. The molecule has 2 aliphatic rings. The van der Waals surface area contributed by atoms with Crippen LogP contribution in [-0.4, -0.2) is 19.6 Å². The number of fused-ring (bicyclic) bond motifs is 1. The molecule has 86 valence electrons. The van der Waals surface area contributed by atoms with Crippen LogP contribution in [0.1, 0.15) is 24.8 Å². The van der Waals surface area contributed by atoms with Gasteiger partial charge in [0.05, 0.1) is 0 Å². The van der Waals surface area contributed by atoms with Crippen molar-refractivity contribution < 1.29 is 0 Å².